The maximum Gasteiger partial charge on any atom is 0.257 e. The van der Waals surface area contributed by atoms with Crippen molar-refractivity contribution in [3.05, 3.63) is 90.6 Å². The Hall–Kier alpha value is -5.45. The summed E-state index contributed by atoms with van der Waals surface area (Å²) in [6.45, 7) is 0. The van der Waals surface area contributed by atoms with Crippen LogP contribution in [0.15, 0.2) is 79.5 Å². The molecule has 39 heavy (non-hydrogen) atoms. The number of pyridine rings is 1. The molecule has 3 aromatic heterocycles. The number of nitrogens with one attached hydrogen (secondary N) is 3. The third-order valence-electron chi connectivity index (χ3n) is 5.95. The summed E-state index contributed by atoms with van der Waals surface area (Å²) in [6.07, 6.45) is 8.43. The molecule has 196 valence electrons. The molecule has 0 saturated heterocycles. The highest BCUT2D eigenvalue weighted by Crippen LogP contribution is 2.32. The molecule has 0 fully saturated rings. The van der Waals surface area contributed by atoms with Crippen molar-refractivity contribution in [1.82, 2.24) is 24.7 Å². The Bertz CT molecular complexity index is 1660. The van der Waals surface area contributed by atoms with Gasteiger partial charge in [0.2, 0.25) is 0 Å². The number of nitrogens with zero attached hydrogens (tertiary/aromatic N) is 4. The van der Waals surface area contributed by atoms with Crippen molar-refractivity contribution >= 4 is 34.7 Å². The quantitative estimate of drug-likeness (QED) is 0.276. The van der Waals surface area contributed by atoms with E-state index >= 15 is 0 Å². The first-order valence-corrected chi connectivity index (χ1v) is 11.9. The molecule has 3 N–H and O–H groups in total. The zero-order chi connectivity index (χ0) is 27.4. The Morgan fingerprint density at radius 3 is 2.38 bits per heavy atom. The Balaban J connectivity index is 1.42. The first kappa shape index (κ1) is 25.2. The van der Waals surface area contributed by atoms with E-state index < -0.39 is 0 Å². The number of hydrogen-bond acceptors (Lipinski definition) is 8. The minimum atomic E-state index is -0.343. The number of aromatic nitrogens is 4. The summed E-state index contributed by atoms with van der Waals surface area (Å²) in [6, 6.07) is 13.8. The van der Waals surface area contributed by atoms with Gasteiger partial charge in [-0.15, -0.1) is 0 Å². The molecule has 2 amide bonds. The van der Waals surface area contributed by atoms with Gasteiger partial charge in [0.25, 0.3) is 11.8 Å². The molecule has 0 atom stereocenters. The van der Waals surface area contributed by atoms with Crippen LogP contribution in [0.1, 0.15) is 20.7 Å². The van der Waals surface area contributed by atoms with E-state index in [1.165, 1.54) is 6.20 Å². The topological polar surface area (TPSA) is 132 Å². The van der Waals surface area contributed by atoms with Gasteiger partial charge in [0.05, 0.1) is 25.5 Å². The molecule has 0 aliphatic carbocycles. The second kappa shape index (κ2) is 10.9. The first-order valence-electron chi connectivity index (χ1n) is 11.9. The number of imidazole rings is 1. The zero-order valence-corrected chi connectivity index (χ0v) is 21.4. The number of carbonyl (C=O) groups excluding carboxylic acids is 2. The Morgan fingerprint density at radius 2 is 1.64 bits per heavy atom. The molecule has 0 aliphatic heterocycles. The number of carbonyl (C=O) groups is 2. The Morgan fingerprint density at radius 1 is 0.872 bits per heavy atom. The summed E-state index contributed by atoms with van der Waals surface area (Å²) in [5, 5.41) is 8.69. The van der Waals surface area contributed by atoms with Crippen molar-refractivity contribution in [2.45, 2.75) is 0 Å². The highest BCUT2D eigenvalue weighted by molar-refractivity contribution is 6.05. The van der Waals surface area contributed by atoms with Gasteiger partial charge in [-0.3, -0.25) is 14.6 Å². The lowest BCUT2D eigenvalue weighted by Gasteiger charge is -2.13. The lowest BCUT2D eigenvalue weighted by Crippen LogP contribution is -2.18. The van der Waals surface area contributed by atoms with Gasteiger partial charge in [-0.1, -0.05) is 0 Å². The molecule has 0 saturated carbocycles. The zero-order valence-electron chi connectivity index (χ0n) is 21.4. The predicted octanol–water partition coefficient (Wildman–Crippen LogP) is 4.16. The Labute approximate surface area is 223 Å². The van der Waals surface area contributed by atoms with Gasteiger partial charge in [0, 0.05) is 66.6 Å². The van der Waals surface area contributed by atoms with Gasteiger partial charge in [-0.05, 0) is 42.5 Å². The van der Waals surface area contributed by atoms with E-state index in [0.717, 1.165) is 5.69 Å². The van der Waals surface area contributed by atoms with Crippen LogP contribution in [0, 0.1) is 0 Å². The highest BCUT2D eigenvalue weighted by atomic mass is 16.5. The molecule has 5 rings (SSSR count). The maximum atomic E-state index is 13.0. The number of benzene rings is 2. The third kappa shape index (κ3) is 5.32. The summed E-state index contributed by atoms with van der Waals surface area (Å²) in [5.41, 5.74) is 3.98. The minimum absolute atomic E-state index is 0.202. The molecule has 0 spiro atoms. The fourth-order valence-electron chi connectivity index (χ4n) is 3.96. The van der Waals surface area contributed by atoms with E-state index in [0.29, 0.717) is 51.0 Å². The van der Waals surface area contributed by atoms with E-state index in [1.54, 1.807) is 76.1 Å². The standard InChI is InChI=1S/C28H25N7O4/c1-29-27(36)17-4-6-20(7-5-17)33-28(37)19-12-18(14-30-15-19)22-16-35-11-10-31-26(35)25(34-22)32-21-8-9-23(38-2)24(13-21)39-3/h4-16H,1-3H3,(H,29,36)(H,32,34)(H,33,37). The molecule has 11 nitrogen and oxygen atoms in total. The molecule has 11 heteroatoms. The van der Waals surface area contributed by atoms with E-state index in [9.17, 15) is 9.59 Å². The largest absolute Gasteiger partial charge is 0.493 e. The lowest BCUT2D eigenvalue weighted by molar-refractivity contribution is 0.0962. The van der Waals surface area contributed by atoms with Crippen LogP contribution >= 0.6 is 0 Å². The van der Waals surface area contributed by atoms with Crippen LogP contribution in [0.3, 0.4) is 0 Å². The van der Waals surface area contributed by atoms with E-state index in [2.05, 4.69) is 25.9 Å². The summed E-state index contributed by atoms with van der Waals surface area (Å²) in [4.78, 5) is 38.2. The smallest absolute Gasteiger partial charge is 0.257 e. The number of ether oxygens (including phenoxy) is 2. The third-order valence-corrected chi connectivity index (χ3v) is 5.95. The van der Waals surface area contributed by atoms with Crippen LogP contribution in [0.5, 0.6) is 11.5 Å². The monoisotopic (exact) mass is 523 g/mol. The second-order valence-corrected chi connectivity index (χ2v) is 8.40. The molecule has 0 aliphatic rings. The van der Waals surface area contributed by atoms with Gasteiger partial charge in [0.15, 0.2) is 23.0 Å². The number of anilines is 3. The average molecular weight is 524 g/mol. The maximum absolute atomic E-state index is 13.0. The molecule has 3 heterocycles. The number of methoxy groups -OCH3 is 2. The van der Waals surface area contributed by atoms with Crippen LogP contribution in [0.4, 0.5) is 17.2 Å². The van der Waals surface area contributed by atoms with E-state index in [4.69, 9.17) is 14.5 Å². The molecule has 0 unspecified atom stereocenters. The molecule has 0 radical (unpaired) electrons. The summed E-state index contributed by atoms with van der Waals surface area (Å²) in [7, 11) is 4.71. The normalized spacial score (nSPS) is 10.6. The van der Waals surface area contributed by atoms with Crippen molar-refractivity contribution in [2.24, 2.45) is 0 Å². The van der Waals surface area contributed by atoms with Crippen molar-refractivity contribution in [3.8, 4) is 22.8 Å². The van der Waals surface area contributed by atoms with Crippen LogP contribution in [-0.2, 0) is 0 Å². The summed E-state index contributed by atoms with van der Waals surface area (Å²) >= 11 is 0. The predicted molar refractivity (Wildman–Crippen MR) is 147 cm³/mol. The Kier molecular flexibility index (Phi) is 7.04. The van der Waals surface area contributed by atoms with Gasteiger partial charge >= 0.3 is 0 Å². The van der Waals surface area contributed by atoms with E-state index in [1.807, 2.05) is 22.9 Å². The fourth-order valence-corrected chi connectivity index (χ4v) is 3.96. The van der Waals surface area contributed by atoms with Crippen LogP contribution in [0.2, 0.25) is 0 Å². The minimum Gasteiger partial charge on any atom is -0.493 e. The SMILES string of the molecule is CNC(=O)c1ccc(NC(=O)c2cncc(-c3cn4ccnc4c(Nc4ccc(OC)c(OC)c4)n3)c2)cc1. The van der Waals surface area contributed by atoms with Gasteiger partial charge in [-0.25, -0.2) is 9.97 Å². The molecule has 5 aromatic rings. The summed E-state index contributed by atoms with van der Waals surface area (Å²) < 4.78 is 12.6. The molecular formula is C28H25N7O4. The van der Waals surface area contributed by atoms with Crippen LogP contribution in [0.25, 0.3) is 16.9 Å². The van der Waals surface area contributed by atoms with E-state index in [-0.39, 0.29) is 11.8 Å². The second-order valence-electron chi connectivity index (χ2n) is 8.40. The molecule has 0 bridgehead atoms. The summed E-state index contributed by atoms with van der Waals surface area (Å²) in [5.74, 6) is 1.15. The van der Waals surface area contributed by atoms with Crippen LogP contribution < -0.4 is 25.4 Å². The number of amides is 2. The van der Waals surface area contributed by atoms with Crippen molar-refractivity contribution in [2.75, 3.05) is 31.9 Å². The molecular weight excluding hydrogens is 498 g/mol. The fraction of sp³-hybridized carbons (Fsp3) is 0.107. The van der Waals surface area contributed by atoms with Crippen LogP contribution in [-0.4, -0.2) is 52.4 Å². The first-order chi connectivity index (χ1) is 19.0. The average Bonchev–Trinajstić information content (AvgIpc) is 3.46. The lowest BCUT2D eigenvalue weighted by atomic mass is 10.1. The van der Waals surface area contributed by atoms with Gasteiger partial charge in [-0.2, -0.15) is 0 Å². The number of rotatable bonds is 8. The van der Waals surface area contributed by atoms with Crippen molar-refractivity contribution in [3.63, 3.8) is 0 Å². The van der Waals surface area contributed by atoms with Crippen molar-refractivity contribution < 1.29 is 19.1 Å². The van der Waals surface area contributed by atoms with Gasteiger partial charge < -0.3 is 29.8 Å². The molecule has 2 aromatic carbocycles. The van der Waals surface area contributed by atoms with Crippen molar-refractivity contribution in [1.29, 1.82) is 0 Å². The number of hydrogen-bond donors (Lipinski definition) is 3. The number of fused-ring (bicyclic) bond motifs is 1. The van der Waals surface area contributed by atoms with Gasteiger partial charge in [0.1, 0.15) is 0 Å². The highest BCUT2D eigenvalue weighted by Gasteiger charge is 2.14.